The molecule has 2 heterocycles. The van der Waals surface area contributed by atoms with Crippen LogP contribution in [0.1, 0.15) is 23.2 Å². The molecule has 0 aliphatic heterocycles. The third-order valence-corrected chi connectivity index (χ3v) is 4.94. The summed E-state index contributed by atoms with van der Waals surface area (Å²) in [4.78, 5) is 28.6. The van der Waals surface area contributed by atoms with Gasteiger partial charge in [0.05, 0.1) is 22.1 Å². The molecule has 26 heavy (non-hydrogen) atoms. The number of anilines is 2. The number of benzene rings is 2. The van der Waals surface area contributed by atoms with E-state index in [1.54, 1.807) is 6.07 Å². The summed E-state index contributed by atoms with van der Waals surface area (Å²) in [6.07, 6.45) is 3.44. The van der Waals surface area contributed by atoms with Crippen LogP contribution in [-0.4, -0.2) is 19.9 Å². The van der Waals surface area contributed by atoms with Crippen molar-refractivity contribution in [3.8, 4) is 0 Å². The van der Waals surface area contributed by atoms with E-state index in [1.165, 1.54) is 17.5 Å². The van der Waals surface area contributed by atoms with Crippen molar-refractivity contribution >= 4 is 33.7 Å². The van der Waals surface area contributed by atoms with Crippen molar-refractivity contribution < 1.29 is 0 Å². The fraction of sp³-hybridized carbons (Fsp3) is 0.200. The van der Waals surface area contributed by atoms with Gasteiger partial charge in [-0.2, -0.15) is 0 Å². The lowest BCUT2D eigenvalue weighted by molar-refractivity contribution is 0.912. The molecule has 2 aromatic heterocycles. The van der Waals surface area contributed by atoms with Crippen molar-refractivity contribution in [2.45, 2.75) is 26.2 Å². The predicted molar refractivity (Wildman–Crippen MR) is 102 cm³/mol. The molecule has 0 unspecified atom stereocenters. The van der Waals surface area contributed by atoms with Gasteiger partial charge in [-0.25, -0.2) is 15.0 Å². The zero-order valence-electron chi connectivity index (χ0n) is 14.3. The highest BCUT2D eigenvalue weighted by Crippen LogP contribution is 2.28. The van der Waals surface area contributed by atoms with E-state index in [0.717, 1.165) is 29.4 Å². The maximum absolute atomic E-state index is 12.2. The van der Waals surface area contributed by atoms with E-state index < -0.39 is 0 Å². The second-order valence-electron chi connectivity index (χ2n) is 6.68. The van der Waals surface area contributed by atoms with Gasteiger partial charge in [0.2, 0.25) is 11.9 Å². The Morgan fingerprint density at radius 1 is 0.962 bits per heavy atom. The van der Waals surface area contributed by atoms with Crippen LogP contribution >= 0.6 is 0 Å². The Morgan fingerprint density at radius 2 is 1.77 bits per heavy atom. The maximum atomic E-state index is 12.2. The minimum atomic E-state index is -0.187. The molecular formula is C20H17N5O. The summed E-state index contributed by atoms with van der Waals surface area (Å²) < 4.78 is 0. The standard InChI is InChI=1S/C20H17N5O/c1-11-15-9-12-5-4-6-13(12)10-17(15)23-19(21-11)25-20-22-16-8-3-2-7-14(16)18(26)24-20/h2-3,7-10H,4-6H2,1H3,(H2,21,22,23,24,25,26). The van der Waals surface area contributed by atoms with E-state index in [0.29, 0.717) is 22.8 Å². The average molecular weight is 343 g/mol. The Morgan fingerprint density at radius 3 is 2.65 bits per heavy atom. The van der Waals surface area contributed by atoms with E-state index in [-0.39, 0.29) is 5.56 Å². The Balaban J connectivity index is 1.59. The van der Waals surface area contributed by atoms with Crippen LogP contribution < -0.4 is 10.9 Å². The summed E-state index contributed by atoms with van der Waals surface area (Å²) in [5.74, 6) is 0.778. The molecule has 0 atom stereocenters. The minimum Gasteiger partial charge on any atom is -0.294 e. The Kier molecular flexibility index (Phi) is 3.25. The number of nitrogens with zero attached hydrogens (tertiary/aromatic N) is 3. The number of aromatic amines is 1. The second-order valence-corrected chi connectivity index (χ2v) is 6.68. The topological polar surface area (TPSA) is 83.6 Å². The van der Waals surface area contributed by atoms with Crippen LogP contribution in [0, 0.1) is 6.92 Å². The lowest BCUT2D eigenvalue weighted by atomic mass is 10.1. The number of hydrogen-bond acceptors (Lipinski definition) is 5. The SMILES string of the molecule is Cc1nc(Nc2nc3ccccc3c(=O)[nH]2)nc2cc3c(cc12)CCC3. The van der Waals surface area contributed by atoms with Crippen LogP contribution in [-0.2, 0) is 12.8 Å². The molecule has 1 aliphatic carbocycles. The van der Waals surface area contributed by atoms with Gasteiger partial charge in [-0.1, -0.05) is 12.1 Å². The number of rotatable bonds is 2. The van der Waals surface area contributed by atoms with Crippen LogP contribution in [0.25, 0.3) is 21.8 Å². The normalized spacial score (nSPS) is 13.3. The first-order valence-corrected chi connectivity index (χ1v) is 8.73. The van der Waals surface area contributed by atoms with Crippen LogP contribution in [0.2, 0.25) is 0 Å². The highest BCUT2D eigenvalue weighted by molar-refractivity contribution is 5.84. The highest BCUT2D eigenvalue weighted by atomic mass is 16.1. The summed E-state index contributed by atoms with van der Waals surface area (Å²) in [5.41, 5.74) is 5.06. The largest absolute Gasteiger partial charge is 0.294 e. The van der Waals surface area contributed by atoms with E-state index >= 15 is 0 Å². The molecule has 6 nitrogen and oxygen atoms in total. The molecule has 0 fully saturated rings. The molecule has 2 aromatic carbocycles. The van der Waals surface area contributed by atoms with Gasteiger partial charge in [0.1, 0.15) is 0 Å². The predicted octanol–water partition coefficient (Wildman–Crippen LogP) is 3.41. The summed E-state index contributed by atoms with van der Waals surface area (Å²) in [6, 6.07) is 11.6. The van der Waals surface area contributed by atoms with E-state index in [1.807, 2.05) is 25.1 Å². The number of aryl methyl sites for hydroxylation is 3. The van der Waals surface area contributed by atoms with Crippen LogP contribution in [0.4, 0.5) is 11.9 Å². The average Bonchev–Trinajstić information content (AvgIpc) is 3.08. The Labute approximate surface area is 149 Å². The minimum absolute atomic E-state index is 0.187. The molecular weight excluding hydrogens is 326 g/mol. The third-order valence-electron chi connectivity index (χ3n) is 4.94. The number of para-hydroxylation sites is 1. The van der Waals surface area contributed by atoms with Crippen molar-refractivity contribution in [2.24, 2.45) is 0 Å². The molecule has 128 valence electrons. The van der Waals surface area contributed by atoms with Crippen LogP contribution in [0.3, 0.4) is 0 Å². The lowest BCUT2D eigenvalue weighted by Gasteiger charge is -2.09. The first-order chi connectivity index (χ1) is 12.7. The van der Waals surface area contributed by atoms with Crippen molar-refractivity contribution in [1.82, 2.24) is 19.9 Å². The monoisotopic (exact) mass is 343 g/mol. The molecule has 1 aliphatic rings. The second kappa shape index (κ2) is 5.62. The molecule has 6 heteroatoms. The van der Waals surface area contributed by atoms with Gasteiger partial charge in [0.15, 0.2) is 0 Å². The molecule has 0 radical (unpaired) electrons. The molecule has 0 saturated carbocycles. The van der Waals surface area contributed by atoms with Crippen molar-refractivity contribution in [2.75, 3.05) is 5.32 Å². The van der Waals surface area contributed by atoms with Gasteiger partial charge in [-0.3, -0.25) is 15.1 Å². The Bertz CT molecular complexity index is 1230. The van der Waals surface area contributed by atoms with Gasteiger partial charge in [0, 0.05) is 5.39 Å². The molecule has 2 N–H and O–H groups in total. The molecule has 0 spiro atoms. The maximum Gasteiger partial charge on any atom is 0.260 e. The smallest absolute Gasteiger partial charge is 0.260 e. The van der Waals surface area contributed by atoms with Crippen LogP contribution in [0.5, 0.6) is 0 Å². The van der Waals surface area contributed by atoms with E-state index in [4.69, 9.17) is 0 Å². The first kappa shape index (κ1) is 15.0. The molecule has 0 bridgehead atoms. The van der Waals surface area contributed by atoms with Gasteiger partial charge in [0.25, 0.3) is 5.56 Å². The van der Waals surface area contributed by atoms with Gasteiger partial charge < -0.3 is 0 Å². The van der Waals surface area contributed by atoms with Crippen molar-refractivity contribution in [3.63, 3.8) is 0 Å². The number of H-pyrrole nitrogens is 1. The number of fused-ring (bicyclic) bond motifs is 3. The number of aromatic nitrogens is 4. The fourth-order valence-electron chi connectivity index (χ4n) is 3.66. The number of nitrogens with one attached hydrogen (secondary N) is 2. The van der Waals surface area contributed by atoms with Gasteiger partial charge >= 0.3 is 0 Å². The summed E-state index contributed by atoms with van der Waals surface area (Å²) in [7, 11) is 0. The molecule has 0 saturated heterocycles. The van der Waals surface area contributed by atoms with Gasteiger partial charge in [-0.15, -0.1) is 0 Å². The molecule has 4 aromatic rings. The van der Waals surface area contributed by atoms with E-state index in [9.17, 15) is 4.79 Å². The molecule has 5 rings (SSSR count). The first-order valence-electron chi connectivity index (χ1n) is 8.73. The van der Waals surface area contributed by atoms with Crippen molar-refractivity contribution in [3.05, 3.63) is 63.6 Å². The lowest BCUT2D eigenvalue weighted by Crippen LogP contribution is -2.12. The Hall–Kier alpha value is -3.28. The zero-order valence-corrected chi connectivity index (χ0v) is 14.3. The highest BCUT2D eigenvalue weighted by Gasteiger charge is 2.15. The van der Waals surface area contributed by atoms with Crippen LogP contribution in [0.15, 0.2) is 41.2 Å². The van der Waals surface area contributed by atoms with Crippen molar-refractivity contribution in [1.29, 1.82) is 0 Å². The summed E-state index contributed by atoms with van der Waals surface area (Å²) >= 11 is 0. The zero-order chi connectivity index (χ0) is 17.7. The summed E-state index contributed by atoms with van der Waals surface area (Å²) in [6.45, 7) is 1.98. The summed E-state index contributed by atoms with van der Waals surface area (Å²) in [5, 5.41) is 4.69. The number of hydrogen-bond donors (Lipinski definition) is 2. The molecule has 0 amide bonds. The van der Waals surface area contributed by atoms with Gasteiger partial charge in [-0.05, 0) is 61.6 Å². The van der Waals surface area contributed by atoms with E-state index in [2.05, 4.69) is 37.4 Å². The third kappa shape index (κ3) is 2.42. The fourth-order valence-corrected chi connectivity index (χ4v) is 3.66. The quantitative estimate of drug-likeness (QED) is 0.583.